The van der Waals surface area contributed by atoms with Gasteiger partial charge in [-0.2, -0.15) is 5.26 Å². The number of anilines is 1. The van der Waals surface area contributed by atoms with Gasteiger partial charge >= 0.3 is 5.97 Å². The Bertz CT molecular complexity index is 880. The highest BCUT2D eigenvalue weighted by Crippen LogP contribution is 2.30. The van der Waals surface area contributed by atoms with Crippen molar-refractivity contribution in [1.29, 1.82) is 5.26 Å². The highest BCUT2D eigenvalue weighted by molar-refractivity contribution is 5.99. The molecule has 1 unspecified atom stereocenters. The van der Waals surface area contributed by atoms with E-state index in [0.29, 0.717) is 17.2 Å². The molecular formula is C22H24N2O5. The van der Waals surface area contributed by atoms with Crippen molar-refractivity contribution < 1.29 is 23.8 Å². The van der Waals surface area contributed by atoms with E-state index in [1.807, 2.05) is 19.1 Å². The molecule has 0 aliphatic heterocycles. The number of nitriles is 1. The van der Waals surface area contributed by atoms with Gasteiger partial charge in [0.05, 0.1) is 32.3 Å². The Balaban J connectivity index is 2.21. The molecule has 0 aliphatic rings. The predicted molar refractivity (Wildman–Crippen MR) is 108 cm³/mol. The number of nitrogens with zero attached hydrogens (tertiary/aromatic N) is 2. The van der Waals surface area contributed by atoms with Gasteiger partial charge in [-0.25, -0.2) is 4.79 Å². The maximum absolute atomic E-state index is 12.9. The fraction of sp³-hybridized carbons (Fsp3) is 0.318. The third kappa shape index (κ3) is 5.26. The Labute approximate surface area is 170 Å². The fourth-order valence-electron chi connectivity index (χ4n) is 2.84. The van der Waals surface area contributed by atoms with Crippen LogP contribution < -0.4 is 14.4 Å². The van der Waals surface area contributed by atoms with Gasteiger partial charge in [-0.05, 0) is 38.1 Å². The summed E-state index contributed by atoms with van der Waals surface area (Å²) in [5, 5.41) is 8.90. The van der Waals surface area contributed by atoms with Crippen molar-refractivity contribution >= 4 is 17.6 Å². The first-order valence-corrected chi connectivity index (χ1v) is 9.09. The van der Waals surface area contributed by atoms with Gasteiger partial charge in [-0.1, -0.05) is 18.2 Å². The molecule has 0 bridgehead atoms. The predicted octanol–water partition coefficient (Wildman–Crippen LogP) is 3.50. The van der Waals surface area contributed by atoms with Crippen LogP contribution in [0.15, 0.2) is 42.5 Å². The van der Waals surface area contributed by atoms with Crippen LogP contribution in [-0.2, 0) is 9.53 Å². The molecule has 7 heteroatoms. The van der Waals surface area contributed by atoms with Crippen LogP contribution in [0.25, 0.3) is 0 Å². The van der Waals surface area contributed by atoms with E-state index in [1.165, 1.54) is 26.0 Å². The number of benzene rings is 2. The van der Waals surface area contributed by atoms with E-state index < -0.39 is 18.0 Å². The number of carbonyl (C=O) groups is 2. The van der Waals surface area contributed by atoms with Crippen molar-refractivity contribution in [1.82, 2.24) is 0 Å². The smallest absolute Gasteiger partial charge is 0.339 e. The van der Waals surface area contributed by atoms with E-state index in [0.717, 1.165) is 5.56 Å². The van der Waals surface area contributed by atoms with Crippen molar-refractivity contribution in [2.45, 2.75) is 26.4 Å². The molecule has 0 aliphatic carbocycles. The molecule has 29 heavy (non-hydrogen) atoms. The van der Waals surface area contributed by atoms with Crippen LogP contribution in [-0.4, -0.2) is 38.7 Å². The van der Waals surface area contributed by atoms with Crippen LogP contribution in [0, 0.1) is 18.3 Å². The number of hydrogen-bond donors (Lipinski definition) is 0. The molecule has 2 aromatic rings. The minimum atomic E-state index is -1.04. The average molecular weight is 396 g/mol. The highest BCUT2D eigenvalue weighted by Gasteiger charge is 2.26. The molecule has 1 amide bonds. The Morgan fingerprint density at radius 3 is 2.21 bits per heavy atom. The number of hydrogen-bond acceptors (Lipinski definition) is 6. The molecule has 0 heterocycles. The van der Waals surface area contributed by atoms with Gasteiger partial charge in [0.25, 0.3) is 5.91 Å². The van der Waals surface area contributed by atoms with Crippen molar-refractivity contribution in [3.05, 3.63) is 53.6 Å². The maximum atomic E-state index is 12.9. The number of ether oxygens (including phenoxy) is 3. The first-order chi connectivity index (χ1) is 13.9. The summed E-state index contributed by atoms with van der Waals surface area (Å²) in [6, 6.07) is 14.1. The Morgan fingerprint density at radius 2 is 1.69 bits per heavy atom. The van der Waals surface area contributed by atoms with Crippen LogP contribution in [0.3, 0.4) is 0 Å². The first kappa shape index (κ1) is 21.8. The number of esters is 1. The molecule has 0 saturated heterocycles. The van der Waals surface area contributed by atoms with Gasteiger partial charge in [0, 0.05) is 17.8 Å². The zero-order valence-electron chi connectivity index (χ0n) is 17.0. The van der Waals surface area contributed by atoms with Crippen LogP contribution in [0.4, 0.5) is 5.69 Å². The van der Waals surface area contributed by atoms with Crippen LogP contribution in [0.5, 0.6) is 11.5 Å². The fourth-order valence-corrected chi connectivity index (χ4v) is 2.84. The normalized spacial score (nSPS) is 11.1. The monoisotopic (exact) mass is 396 g/mol. The summed E-state index contributed by atoms with van der Waals surface area (Å²) in [6.45, 7) is 3.52. The molecule has 2 aromatic carbocycles. The second-order valence-corrected chi connectivity index (χ2v) is 6.29. The molecular weight excluding hydrogens is 372 g/mol. The minimum absolute atomic E-state index is 0.160. The summed E-state index contributed by atoms with van der Waals surface area (Å²) in [5.74, 6) is -0.119. The lowest BCUT2D eigenvalue weighted by molar-refractivity contribution is -0.126. The summed E-state index contributed by atoms with van der Waals surface area (Å²) in [7, 11) is 2.99. The molecule has 0 N–H and O–H groups in total. The standard InChI is InChI=1S/C22H24N2O5/c1-15-19(27-3)13-17(14-20(15)28-4)22(26)29-16(2)21(25)24(12-8-11-23)18-9-6-5-7-10-18/h5-7,9-10,13-14,16H,8,12H2,1-4H3. The molecule has 0 spiro atoms. The topological polar surface area (TPSA) is 88.9 Å². The lowest BCUT2D eigenvalue weighted by Crippen LogP contribution is -2.40. The number of carbonyl (C=O) groups excluding carboxylic acids is 2. The van der Waals surface area contributed by atoms with Crippen molar-refractivity contribution in [3.63, 3.8) is 0 Å². The summed E-state index contributed by atoms with van der Waals surface area (Å²) in [5.41, 5.74) is 1.60. The molecule has 0 radical (unpaired) electrons. The van der Waals surface area contributed by atoms with Gasteiger partial charge < -0.3 is 19.1 Å². The number of para-hydroxylation sites is 1. The van der Waals surface area contributed by atoms with Crippen molar-refractivity contribution in [2.24, 2.45) is 0 Å². The minimum Gasteiger partial charge on any atom is -0.496 e. The lowest BCUT2D eigenvalue weighted by atomic mass is 10.1. The van der Waals surface area contributed by atoms with E-state index in [-0.39, 0.29) is 18.5 Å². The summed E-state index contributed by atoms with van der Waals surface area (Å²) >= 11 is 0. The van der Waals surface area contributed by atoms with Crippen molar-refractivity contribution in [2.75, 3.05) is 25.7 Å². The van der Waals surface area contributed by atoms with E-state index in [2.05, 4.69) is 0 Å². The third-order valence-electron chi connectivity index (χ3n) is 4.40. The summed E-state index contributed by atoms with van der Waals surface area (Å²) in [6.07, 6.45) is -0.882. The molecule has 1 atom stereocenters. The van der Waals surface area contributed by atoms with E-state index in [1.54, 1.807) is 36.4 Å². The van der Waals surface area contributed by atoms with Crippen LogP contribution in [0.2, 0.25) is 0 Å². The average Bonchev–Trinajstić information content (AvgIpc) is 2.74. The van der Waals surface area contributed by atoms with Gasteiger partial charge in [0.1, 0.15) is 11.5 Å². The number of amides is 1. The Morgan fingerprint density at radius 1 is 1.10 bits per heavy atom. The van der Waals surface area contributed by atoms with Gasteiger partial charge in [0.15, 0.2) is 6.10 Å². The lowest BCUT2D eigenvalue weighted by Gasteiger charge is -2.25. The van der Waals surface area contributed by atoms with Gasteiger partial charge in [-0.15, -0.1) is 0 Å². The second-order valence-electron chi connectivity index (χ2n) is 6.29. The molecule has 0 fully saturated rings. The van der Waals surface area contributed by atoms with Crippen LogP contribution in [0.1, 0.15) is 29.3 Å². The van der Waals surface area contributed by atoms with Gasteiger partial charge in [-0.3, -0.25) is 4.79 Å². The molecule has 152 valence electrons. The Hall–Kier alpha value is -3.53. The first-order valence-electron chi connectivity index (χ1n) is 9.09. The molecule has 7 nitrogen and oxygen atoms in total. The van der Waals surface area contributed by atoms with Crippen molar-refractivity contribution in [3.8, 4) is 17.6 Å². The maximum Gasteiger partial charge on any atom is 0.339 e. The molecule has 0 aromatic heterocycles. The zero-order valence-corrected chi connectivity index (χ0v) is 17.0. The quantitative estimate of drug-likeness (QED) is 0.635. The zero-order chi connectivity index (χ0) is 21.4. The third-order valence-corrected chi connectivity index (χ3v) is 4.40. The summed E-state index contributed by atoms with van der Waals surface area (Å²) < 4.78 is 16.0. The highest BCUT2D eigenvalue weighted by atomic mass is 16.5. The Kier molecular flexibility index (Phi) is 7.61. The van der Waals surface area contributed by atoms with Gasteiger partial charge in [0.2, 0.25) is 0 Å². The summed E-state index contributed by atoms with van der Waals surface area (Å²) in [4.78, 5) is 27.0. The van der Waals surface area contributed by atoms with E-state index in [9.17, 15) is 9.59 Å². The SMILES string of the molecule is COc1cc(C(=O)OC(C)C(=O)N(CCC#N)c2ccccc2)cc(OC)c1C. The van der Waals surface area contributed by atoms with E-state index >= 15 is 0 Å². The van der Waals surface area contributed by atoms with Crippen LogP contribution >= 0.6 is 0 Å². The number of rotatable bonds is 8. The second kappa shape index (κ2) is 10.1. The molecule has 0 saturated carbocycles. The number of methoxy groups -OCH3 is 2. The van der Waals surface area contributed by atoms with E-state index in [4.69, 9.17) is 19.5 Å². The largest absolute Gasteiger partial charge is 0.496 e. The molecule has 2 rings (SSSR count).